The summed E-state index contributed by atoms with van der Waals surface area (Å²) in [4.78, 5) is 18.2. The van der Waals surface area contributed by atoms with Crippen LogP contribution in [0.2, 0.25) is 0 Å². The Balaban J connectivity index is 1.38. The SMILES string of the molecule is COc1cccc(CN2C[C@H]3CC(=O)NC[C@H]3C2)c1OCCCn1ccnc1. The quantitative estimate of drug-likeness (QED) is 0.705. The maximum absolute atomic E-state index is 11.7. The average Bonchev–Trinajstić information content (AvgIpc) is 3.35. The number of fused-ring (bicyclic) bond motifs is 1. The summed E-state index contributed by atoms with van der Waals surface area (Å²) < 4.78 is 13.7. The van der Waals surface area contributed by atoms with Gasteiger partial charge >= 0.3 is 0 Å². The molecule has 2 aliphatic heterocycles. The molecule has 0 bridgehead atoms. The number of para-hydroxylation sites is 1. The lowest BCUT2D eigenvalue weighted by Gasteiger charge is -2.23. The molecule has 0 saturated carbocycles. The first-order chi connectivity index (χ1) is 13.7. The van der Waals surface area contributed by atoms with Gasteiger partial charge in [-0.1, -0.05) is 12.1 Å². The minimum atomic E-state index is 0.186. The highest BCUT2D eigenvalue weighted by Gasteiger charge is 2.37. The van der Waals surface area contributed by atoms with Crippen LogP contribution in [-0.2, 0) is 17.9 Å². The number of carbonyl (C=O) groups excluding carboxylic acids is 1. The van der Waals surface area contributed by atoms with Crippen molar-refractivity contribution in [2.45, 2.75) is 25.9 Å². The minimum absolute atomic E-state index is 0.186. The first-order valence-corrected chi connectivity index (χ1v) is 9.96. The summed E-state index contributed by atoms with van der Waals surface area (Å²) in [5.41, 5.74) is 1.14. The molecule has 7 nitrogen and oxygen atoms in total. The van der Waals surface area contributed by atoms with Gasteiger partial charge in [0.15, 0.2) is 11.5 Å². The van der Waals surface area contributed by atoms with Crippen LogP contribution in [0, 0.1) is 11.8 Å². The van der Waals surface area contributed by atoms with E-state index in [0.717, 1.165) is 56.2 Å². The number of rotatable bonds is 8. The van der Waals surface area contributed by atoms with E-state index < -0.39 is 0 Å². The third-order valence-corrected chi connectivity index (χ3v) is 5.70. The van der Waals surface area contributed by atoms with E-state index in [-0.39, 0.29) is 5.91 Å². The molecule has 1 aromatic carbocycles. The number of ether oxygens (including phenoxy) is 2. The van der Waals surface area contributed by atoms with Gasteiger partial charge in [-0.15, -0.1) is 0 Å². The summed E-state index contributed by atoms with van der Waals surface area (Å²) in [6, 6.07) is 6.07. The number of aromatic nitrogens is 2. The van der Waals surface area contributed by atoms with Crippen molar-refractivity contribution in [2.24, 2.45) is 11.8 Å². The fraction of sp³-hybridized carbons (Fsp3) is 0.524. The molecule has 150 valence electrons. The van der Waals surface area contributed by atoms with E-state index >= 15 is 0 Å². The Morgan fingerprint density at radius 2 is 2.18 bits per heavy atom. The van der Waals surface area contributed by atoms with Crippen molar-refractivity contribution in [1.29, 1.82) is 0 Å². The van der Waals surface area contributed by atoms with Gasteiger partial charge in [-0.25, -0.2) is 4.98 Å². The number of amides is 1. The molecule has 1 N–H and O–H groups in total. The molecule has 2 fully saturated rings. The second-order valence-electron chi connectivity index (χ2n) is 7.67. The smallest absolute Gasteiger partial charge is 0.220 e. The van der Waals surface area contributed by atoms with Crippen LogP contribution in [0.3, 0.4) is 0 Å². The van der Waals surface area contributed by atoms with Crippen molar-refractivity contribution in [3.05, 3.63) is 42.5 Å². The molecular weight excluding hydrogens is 356 g/mol. The molecule has 4 rings (SSSR count). The summed E-state index contributed by atoms with van der Waals surface area (Å²) in [6.07, 6.45) is 7.12. The van der Waals surface area contributed by atoms with Crippen molar-refractivity contribution in [2.75, 3.05) is 33.4 Å². The molecule has 28 heavy (non-hydrogen) atoms. The van der Waals surface area contributed by atoms with Gasteiger partial charge in [0.25, 0.3) is 0 Å². The number of benzene rings is 1. The Hall–Kier alpha value is -2.54. The van der Waals surface area contributed by atoms with Gasteiger partial charge in [0.2, 0.25) is 5.91 Å². The molecule has 0 spiro atoms. The van der Waals surface area contributed by atoms with Crippen LogP contribution in [-0.4, -0.2) is 53.7 Å². The Morgan fingerprint density at radius 1 is 1.29 bits per heavy atom. The zero-order chi connectivity index (χ0) is 19.3. The predicted octanol–water partition coefficient (Wildman–Crippen LogP) is 1.93. The fourth-order valence-electron chi connectivity index (χ4n) is 4.27. The van der Waals surface area contributed by atoms with Crippen molar-refractivity contribution in [3.8, 4) is 11.5 Å². The Morgan fingerprint density at radius 3 is 3.00 bits per heavy atom. The van der Waals surface area contributed by atoms with Crippen LogP contribution in [0.5, 0.6) is 11.5 Å². The fourth-order valence-corrected chi connectivity index (χ4v) is 4.27. The van der Waals surface area contributed by atoms with Crippen molar-refractivity contribution in [3.63, 3.8) is 0 Å². The maximum Gasteiger partial charge on any atom is 0.220 e. The zero-order valence-electron chi connectivity index (χ0n) is 16.3. The largest absolute Gasteiger partial charge is 0.493 e. The van der Waals surface area contributed by atoms with Gasteiger partial charge in [0.05, 0.1) is 20.0 Å². The summed E-state index contributed by atoms with van der Waals surface area (Å²) in [7, 11) is 1.68. The standard InChI is InChI=1S/C21H28N4O3/c1-27-19-5-2-4-16(21(19)28-9-3-7-24-8-6-22-15-24)12-25-13-17-10-20(26)23-11-18(17)14-25/h2,4-6,8,15,17-18H,3,7,9-14H2,1H3,(H,23,26)/t17-,18+/m1/s1. The van der Waals surface area contributed by atoms with E-state index in [0.29, 0.717) is 24.9 Å². The monoisotopic (exact) mass is 384 g/mol. The lowest BCUT2D eigenvalue weighted by atomic mass is 9.89. The van der Waals surface area contributed by atoms with Crippen molar-refractivity contribution >= 4 is 5.91 Å². The molecule has 2 atom stereocenters. The van der Waals surface area contributed by atoms with Crippen LogP contribution in [0.15, 0.2) is 36.9 Å². The Kier molecular flexibility index (Phi) is 5.81. The maximum atomic E-state index is 11.7. The first kappa shape index (κ1) is 18.8. The van der Waals surface area contributed by atoms with E-state index in [1.807, 2.05) is 29.2 Å². The molecule has 7 heteroatoms. The van der Waals surface area contributed by atoms with E-state index in [1.165, 1.54) is 0 Å². The van der Waals surface area contributed by atoms with Gasteiger partial charge < -0.3 is 19.4 Å². The molecule has 1 amide bonds. The lowest BCUT2D eigenvalue weighted by Crippen LogP contribution is -2.39. The van der Waals surface area contributed by atoms with Crippen LogP contribution in [0.4, 0.5) is 0 Å². The molecule has 3 heterocycles. The number of carbonyl (C=O) groups is 1. The third kappa shape index (κ3) is 4.30. The molecule has 2 aromatic rings. The molecule has 0 aliphatic carbocycles. The zero-order valence-corrected chi connectivity index (χ0v) is 16.3. The molecule has 1 aromatic heterocycles. The lowest BCUT2D eigenvalue weighted by molar-refractivity contribution is -0.124. The van der Waals surface area contributed by atoms with Crippen LogP contribution >= 0.6 is 0 Å². The Labute approximate surface area is 165 Å². The molecular formula is C21H28N4O3. The van der Waals surface area contributed by atoms with Gasteiger partial charge in [0, 0.05) is 57.1 Å². The van der Waals surface area contributed by atoms with Crippen LogP contribution in [0.1, 0.15) is 18.4 Å². The molecule has 0 radical (unpaired) electrons. The number of hydrogen-bond acceptors (Lipinski definition) is 5. The number of nitrogens with zero attached hydrogens (tertiary/aromatic N) is 3. The second-order valence-corrected chi connectivity index (χ2v) is 7.67. The average molecular weight is 384 g/mol. The second kappa shape index (κ2) is 8.65. The number of hydrogen-bond donors (Lipinski definition) is 1. The molecule has 2 saturated heterocycles. The van der Waals surface area contributed by atoms with E-state index in [2.05, 4.69) is 21.3 Å². The molecule has 2 aliphatic rings. The number of methoxy groups -OCH3 is 1. The van der Waals surface area contributed by atoms with Gasteiger partial charge in [-0.05, 0) is 24.3 Å². The van der Waals surface area contributed by atoms with Gasteiger partial charge in [-0.3, -0.25) is 9.69 Å². The minimum Gasteiger partial charge on any atom is -0.493 e. The third-order valence-electron chi connectivity index (χ3n) is 5.70. The van der Waals surface area contributed by atoms with E-state index in [1.54, 1.807) is 13.3 Å². The van der Waals surface area contributed by atoms with E-state index in [4.69, 9.17) is 9.47 Å². The number of imidazole rings is 1. The number of nitrogens with one attached hydrogen (secondary N) is 1. The summed E-state index contributed by atoms with van der Waals surface area (Å²) >= 11 is 0. The number of piperidine rings is 1. The number of likely N-dealkylation sites (tertiary alicyclic amines) is 1. The first-order valence-electron chi connectivity index (χ1n) is 9.96. The highest BCUT2D eigenvalue weighted by Crippen LogP contribution is 2.35. The van der Waals surface area contributed by atoms with E-state index in [9.17, 15) is 4.79 Å². The highest BCUT2D eigenvalue weighted by atomic mass is 16.5. The van der Waals surface area contributed by atoms with Gasteiger partial charge in [-0.2, -0.15) is 0 Å². The molecule has 0 unspecified atom stereocenters. The van der Waals surface area contributed by atoms with Gasteiger partial charge in [0.1, 0.15) is 0 Å². The summed E-state index contributed by atoms with van der Waals surface area (Å²) in [5, 5.41) is 3.00. The normalized spacial score (nSPS) is 22.0. The van der Waals surface area contributed by atoms with Crippen LogP contribution < -0.4 is 14.8 Å². The van der Waals surface area contributed by atoms with Crippen LogP contribution in [0.25, 0.3) is 0 Å². The number of aryl methyl sites for hydroxylation is 1. The summed E-state index contributed by atoms with van der Waals surface area (Å²) in [6.45, 7) is 5.10. The highest BCUT2D eigenvalue weighted by molar-refractivity contribution is 5.77. The van der Waals surface area contributed by atoms with Crippen molar-refractivity contribution in [1.82, 2.24) is 19.8 Å². The Bertz CT molecular complexity index is 793. The predicted molar refractivity (Wildman–Crippen MR) is 105 cm³/mol. The topological polar surface area (TPSA) is 68.6 Å². The summed E-state index contributed by atoms with van der Waals surface area (Å²) in [5.74, 6) is 2.82. The van der Waals surface area contributed by atoms with Crippen molar-refractivity contribution < 1.29 is 14.3 Å².